The normalized spacial score (nSPS) is 18.6. The Balaban J connectivity index is 2.07. The Hall–Kier alpha value is -1.65. The van der Waals surface area contributed by atoms with Crippen molar-refractivity contribution in [3.8, 4) is 0 Å². The van der Waals surface area contributed by atoms with Gasteiger partial charge in [0.2, 0.25) is 5.95 Å². The summed E-state index contributed by atoms with van der Waals surface area (Å²) in [5, 5.41) is 2.91. The summed E-state index contributed by atoms with van der Waals surface area (Å²) in [5.41, 5.74) is 0.469. The van der Waals surface area contributed by atoms with Crippen LogP contribution < -0.4 is 10.2 Å². The standard InChI is InChI=1S/C16H26N4O/c1-3-5-10-17-15(21)14-9-11-18-16(19-14)20-12-7-6-8-13(20)4-2/h9,11,13H,3-8,10,12H2,1-2H3,(H,17,21). The predicted octanol–water partition coefficient (Wildman–Crippen LogP) is 2.78. The Bertz CT molecular complexity index is 463. The van der Waals surface area contributed by atoms with Gasteiger partial charge in [-0.3, -0.25) is 4.79 Å². The van der Waals surface area contributed by atoms with Gasteiger partial charge in [0.1, 0.15) is 5.69 Å². The number of piperidine rings is 1. The van der Waals surface area contributed by atoms with Crippen LogP contribution in [-0.2, 0) is 0 Å². The lowest BCUT2D eigenvalue weighted by Crippen LogP contribution is -2.40. The lowest BCUT2D eigenvalue weighted by molar-refractivity contribution is 0.0948. The quantitative estimate of drug-likeness (QED) is 0.818. The molecule has 0 aliphatic carbocycles. The molecular formula is C16H26N4O. The van der Waals surface area contributed by atoms with Crippen molar-refractivity contribution < 1.29 is 4.79 Å². The summed E-state index contributed by atoms with van der Waals surface area (Å²) in [6.45, 7) is 6.00. The van der Waals surface area contributed by atoms with Gasteiger partial charge in [-0.25, -0.2) is 9.97 Å². The van der Waals surface area contributed by atoms with Crippen LogP contribution in [0.25, 0.3) is 0 Å². The van der Waals surface area contributed by atoms with E-state index in [9.17, 15) is 4.79 Å². The maximum Gasteiger partial charge on any atom is 0.270 e. The van der Waals surface area contributed by atoms with E-state index < -0.39 is 0 Å². The van der Waals surface area contributed by atoms with Crippen molar-refractivity contribution in [2.24, 2.45) is 0 Å². The molecule has 1 aromatic heterocycles. The van der Waals surface area contributed by atoms with Gasteiger partial charge < -0.3 is 10.2 Å². The van der Waals surface area contributed by atoms with Gasteiger partial charge in [0.05, 0.1) is 0 Å². The number of hydrogen-bond donors (Lipinski definition) is 1. The van der Waals surface area contributed by atoms with E-state index in [1.165, 1.54) is 19.3 Å². The molecule has 1 aliphatic heterocycles. The second kappa shape index (κ2) is 7.96. The predicted molar refractivity (Wildman–Crippen MR) is 84.5 cm³/mol. The monoisotopic (exact) mass is 290 g/mol. The number of anilines is 1. The summed E-state index contributed by atoms with van der Waals surface area (Å²) in [5.74, 6) is 0.599. The second-order valence-corrected chi connectivity index (χ2v) is 5.60. The zero-order chi connectivity index (χ0) is 15.1. The lowest BCUT2D eigenvalue weighted by atomic mass is 10.0. The number of rotatable bonds is 6. The van der Waals surface area contributed by atoms with Crippen LogP contribution in [0.3, 0.4) is 0 Å². The molecule has 5 nitrogen and oxygen atoms in total. The molecule has 1 fully saturated rings. The highest BCUT2D eigenvalue weighted by atomic mass is 16.1. The van der Waals surface area contributed by atoms with Gasteiger partial charge >= 0.3 is 0 Å². The fourth-order valence-corrected chi connectivity index (χ4v) is 2.77. The molecule has 0 aromatic carbocycles. The summed E-state index contributed by atoms with van der Waals surface area (Å²) in [4.78, 5) is 23.2. The van der Waals surface area contributed by atoms with Crippen LogP contribution >= 0.6 is 0 Å². The maximum absolute atomic E-state index is 12.1. The van der Waals surface area contributed by atoms with E-state index in [4.69, 9.17) is 0 Å². The summed E-state index contributed by atoms with van der Waals surface area (Å²) in [6.07, 6.45) is 8.48. The zero-order valence-electron chi connectivity index (χ0n) is 13.1. The van der Waals surface area contributed by atoms with Crippen LogP contribution in [0.2, 0.25) is 0 Å². The molecule has 1 aromatic rings. The molecule has 0 saturated carbocycles. The second-order valence-electron chi connectivity index (χ2n) is 5.60. The number of carbonyl (C=O) groups is 1. The minimum atomic E-state index is -0.0999. The minimum absolute atomic E-state index is 0.0999. The number of carbonyl (C=O) groups excluding carboxylic acids is 1. The first-order chi connectivity index (χ1) is 10.3. The van der Waals surface area contributed by atoms with Gasteiger partial charge in [-0.05, 0) is 38.2 Å². The molecule has 0 bridgehead atoms. The van der Waals surface area contributed by atoms with E-state index >= 15 is 0 Å². The summed E-state index contributed by atoms with van der Waals surface area (Å²) < 4.78 is 0. The van der Waals surface area contributed by atoms with Crippen LogP contribution in [0.1, 0.15) is 62.9 Å². The van der Waals surface area contributed by atoms with Crippen molar-refractivity contribution in [3.63, 3.8) is 0 Å². The van der Waals surface area contributed by atoms with E-state index in [-0.39, 0.29) is 5.91 Å². The average molecular weight is 290 g/mol. The Morgan fingerprint density at radius 1 is 1.43 bits per heavy atom. The molecule has 116 valence electrons. The van der Waals surface area contributed by atoms with Crippen molar-refractivity contribution in [2.75, 3.05) is 18.0 Å². The van der Waals surface area contributed by atoms with E-state index in [0.717, 1.165) is 25.8 Å². The van der Waals surface area contributed by atoms with E-state index in [0.29, 0.717) is 24.2 Å². The average Bonchev–Trinajstić information content (AvgIpc) is 2.55. The molecule has 1 aliphatic rings. The van der Waals surface area contributed by atoms with Crippen LogP contribution in [-0.4, -0.2) is 35.0 Å². The third kappa shape index (κ3) is 4.16. The minimum Gasteiger partial charge on any atom is -0.351 e. The number of nitrogens with one attached hydrogen (secondary N) is 1. The molecule has 5 heteroatoms. The highest BCUT2D eigenvalue weighted by molar-refractivity contribution is 5.92. The van der Waals surface area contributed by atoms with Crippen molar-refractivity contribution in [2.45, 2.75) is 58.4 Å². The molecule has 1 atom stereocenters. The summed E-state index contributed by atoms with van der Waals surface area (Å²) in [7, 11) is 0. The number of unbranched alkanes of at least 4 members (excludes halogenated alkanes) is 1. The van der Waals surface area contributed by atoms with Gasteiger partial charge in [-0.15, -0.1) is 0 Å². The molecule has 2 heterocycles. The fourth-order valence-electron chi connectivity index (χ4n) is 2.77. The number of amides is 1. The summed E-state index contributed by atoms with van der Waals surface area (Å²) >= 11 is 0. The van der Waals surface area contributed by atoms with Crippen molar-refractivity contribution in [1.29, 1.82) is 0 Å². The maximum atomic E-state index is 12.1. The molecule has 0 radical (unpaired) electrons. The van der Waals surface area contributed by atoms with Gasteiger partial charge in [0, 0.05) is 25.3 Å². The molecule has 0 spiro atoms. The molecule has 1 amide bonds. The lowest BCUT2D eigenvalue weighted by Gasteiger charge is -2.35. The molecule has 1 N–H and O–H groups in total. The first-order valence-electron chi connectivity index (χ1n) is 8.14. The van der Waals surface area contributed by atoms with E-state index in [1.807, 2.05) is 0 Å². The highest BCUT2D eigenvalue weighted by Crippen LogP contribution is 2.23. The van der Waals surface area contributed by atoms with Crippen LogP contribution in [0.15, 0.2) is 12.3 Å². The van der Waals surface area contributed by atoms with Gasteiger partial charge in [-0.1, -0.05) is 20.3 Å². The van der Waals surface area contributed by atoms with Crippen LogP contribution in [0.5, 0.6) is 0 Å². The Morgan fingerprint density at radius 3 is 3.05 bits per heavy atom. The summed E-state index contributed by atoms with van der Waals surface area (Å²) in [6, 6.07) is 2.19. The highest BCUT2D eigenvalue weighted by Gasteiger charge is 2.23. The molecule has 1 unspecified atom stereocenters. The van der Waals surface area contributed by atoms with E-state index in [2.05, 4.69) is 34.0 Å². The van der Waals surface area contributed by atoms with Crippen LogP contribution in [0.4, 0.5) is 5.95 Å². The van der Waals surface area contributed by atoms with Crippen LogP contribution in [0, 0.1) is 0 Å². The number of aromatic nitrogens is 2. The van der Waals surface area contributed by atoms with Crippen molar-refractivity contribution in [3.05, 3.63) is 18.0 Å². The van der Waals surface area contributed by atoms with Gasteiger partial charge in [0.25, 0.3) is 5.91 Å². The third-order valence-electron chi connectivity index (χ3n) is 4.05. The molecule has 1 saturated heterocycles. The largest absolute Gasteiger partial charge is 0.351 e. The SMILES string of the molecule is CCCCNC(=O)c1ccnc(N2CCCCC2CC)n1. The van der Waals surface area contributed by atoms with Gasteiger partial charge in [0.15, 0.2) is 0 Å². The molecule has 2 rings (SSSR count). The third-order valence-corrected chi connectivity index (χ3v) is 4.05. The van der Waals surface area contributed by atoms with Crippen molar-refractivity contribution >= 4 is 11.9 Å². The Morgan fingerprint density at radius 2 is 2.29 bits per heavy atom. The van der Waals surface area contributed by atoms with Gasteiger partial charge in [-0.2, -0.15) is 0 Å². The first-order valence-corrected chi connectivity index (χ1v) is 8.14. The Labute approximate surface area is 127 Å². The smallest absolute Gasteiger partial charge is 0.270 e. The molecular weight excluding hydrogens is 264 g/mol. The topological polar surface area (TPSA) is 58.1 Å². The first kappa shape index (κ1) is 15.7. The fraction of sp³-hybridized carbons (Fsp3) is 0.688. The molecule has 21 heavy (non-hydrogen) atoms. The van der Waals surface area contributed by atoms with Crippen molar-refractivity contribution in [1.82, 2.24) is 15.3 Å². The zero-order valence-corrected chi connectivity index (χ0v) is 13.1. The van der Waals surface area contributed by atoms with E-state index in [1.54, 1.807) is 12.3 Å². The number of nitrogens with zero attached hydrogens (tertiary/aromatic N) is 3. The Kier molecular flexibility index (Phi) is 5.96. The number of hydrogen-bond acceptors (Lipinski definition) is 4.